The van der Waals surface area contributed by atoms with Gasteiger partial charge in [0.25, 0.3) is 0 Å². The van der Waals surface area contributed by atoms with Crippen LogP contribution in [0.4, 0.5) is 0 Å². The largest absolute Gasteiger partial charge is 0.107 e. The van der Waals surface area contributed by atoms with Gasteiger partial charge in [-0.2, -0.15) is 0 Å². The maximum Gasteiger partial charge on any atom is 0.0146 e. The predicted molar refractivity (Wildman–Crippen MR) is 90.1 cm³/mol. The van der Waals surface area contributed by atoms with Gasteiger partial charge in [0, 0.05) is 11.9 Å². The molecule has 0 spiro atoms. The van der Waals surface area contributed by atoms with Crippen molar-refractivity contribution < 1.29 is 0 Å². The van der Waals surface area contributed by atoms with Gasteiger partial charge in [0.15, 0.2) is 0 Å². The second-order valence-corrected chi connectivity index (χ2v) is 12.3. The Bertz CT molecular complexity index is 491. The lowest BCUT2D eigenvalue weighted by molar-refractivity contribution is 1.74. The second-order valence-electron chi connectivity index (χ2n) is 4.63. The molecule has 0 heterocycles. The first-order chi connectivity index (χ1) is 8.63. The first-order valence-electron chi connectivity index (χ1n) is 5.98. The monoisotopic (exact) mass is 292 g/mol. The van der Waals surface area contributed by atoms with Crippen LogP contribution in [-0.4, -0.2) is 19.2 Å². The van der Waals surface area contributed by atoms with E-state index in [4.69, 9.17) is 11.8 Å². The van der Waals surface area contributed by atoms with Gasteiger partial charge in [-0.25, -0.2) is 0 Å². The van der Waals surface area contributed by atoms with Crippen molar-refractivity contribution in [1.82, 2.24) is 0 Å². The standard InChI is InChI=1S/C15H18P2S/c1-16(2)13-17(18,14-9-5-3-6-10-14)15-11-7-4-8-12-15/h3-12H,13H2,1-2H3. The van der Waals surface area contributed by atoms with E-state index in [9.17, 15) is 0 Å². The molecular formula is C15H18P2S. The Morgan fingerprint density at radius 1 is 0.833 bits per heavy atom. The van der Waals surface area contributed by atoms with Crippen LogP contribution < -0.4 is 10.6 Å². The Morgan fingerprint density at radius 2 is 1.22 bits per heavy atom. The number of hydrogen-bond acceptors (Lipinski definition) is 1. The molecule has 0 aromatic heterocycles. The van der Waals surface area contributed by atoms with E-state index >= 15 is 0 Å². The zero-order valence-electron chi connectivity index (χ0n) is 10.8. The van der Waals surface area contributed by atoms with Gasteiger partial charge in [0.05, 0.1) is 0 Å². The Kier molecular flexibility index (Phi) is 4.73. The van der Waals surface area contributed by atoms with Gasteiger partial charge in [-0.05, 0) is 23.9 Å². The van der Waals surface area contributed by atoms with Gasteiger partial charge >= 0.3 is 0 Å². The van der Waals surface area contributed by atoms with Crippen LogP contribution in [0.25, 0.3) is 0 Å². The summed E-state index contributed by atoms with van der Waals surface area (Å²) in [4.78, 5) is 0. The van der Waals surface area contributed by atoms with Gasteiger partial charge in [-0.3, -0.25) is 0 Å². The van der Waals surface area contributed by atoms with E-state index in [-0.39, 0.29) is 7.92 Å². The molecule has 0 saturated heterocycles. The minimum Gasteiger partial charge on any atom is -0.107 e. The van der Waals surface area contributed by atoms with E-state index in [1.165, 1.54) is 10.6 Å². The molecule has 0 fully saturated rings. The molecule has 0 saturated carbocycles. The molecule has 2 rings (SSSR count). The Balaban J connectivity index is 2.52. The maximum atomic E-state index is 6.14. The molecule has 0 radical (unpaired) electrons. The third-order valence-corrected chi connectivity index (χ3v) is 11.3. The molecule has 2 aromatic rings. The molecule has 3 heteroatoms. The van der Waals surface area contributed by atoms with E-state index < -0.39 is 6.04 Å². The van der Waals surface area contributed by atoms with Crippen LogP contribution in [0, 0.1) is 0 Å². The summed E-state index contributed by atoms with van der Waals surface area (Å²) in [6.07, 6.45) is 0. The fourth-order valence-corrected chi connectivity index (χ4v) is 11.0. The summed E-state index contributed by atoms with van der Waals surface area (Å²) in [5.41, 5.74) is 0. The quantitative estimate of drug-likeness (QED) is 0.772. The van der Waals surface area contributed by atoms with Crippen molar-refractivity contribution in [2.75, 3.05) is 19.2 Å². The molecule has 0 aliphatic rings. The Morgan fingerprint density at radius 3 is 1.56 bits per heavy atom. The minimum absolute atomic E-state index is 0.00953. The molecule has 18 heavy (non-hydrogen) atoms. The van der Waals surface area contributed by atoms with E-state index in [2.05, 4.69) is 74.0 Å². The van der Waals surface area contributed by atoms with E-state index in [1.807, 2.05) is 0 Å². The molecule has 0 N–H and O–H groups in total. The van der Waals surface area contributed by atoms with Crippen molar-refractivity contribution >= 4 is 36.4 Å². The molecule has 0 nitrogen and oxygen atoms in total. The first-order valence-corrected chi connectivity index (χ1v) is 11.4. The minimum atomic E-state index is -1.62. The first kappa shape index (κ1) is 13.9. The highest BCUT2D eigenvalue weighted by Gasteiger charge is 2.22. The highest BCUT2D eigenvalue weighted by atomic mass is 32.4. The average molecular weight is 292 g/mol. The molecule has 0 amide bonds. The van der Waals surface area contributed by atoms with Gasteiger partial charge < -0.3 is 0 Å². The molecule has 0 atom stereocenters. The summed E-state index contributed by atoms with van der Waals surface area (Å²) >= 11 is 6.14. The zero-order chi connectivity index (χ0) is 13.0. The molecule has 0 unspecified atom stereocenters. The lowest BCUT2D eigenvalue weighted by Crippen LogP contribution is -2.17. The lowest BCUT2D eigenvalue weighted by atomic mass is 10.4. The van der Waals surface area contributed by atoms with Gasteiger partial charge in [-0.1, -0.05) is 72.5 Å². The Labute approximate surface area is 116 Å². The molecule has 0 aliphatic carbocycles. The lowest BCUT2D eigenvalue weighted by Gasteiger charge is -2.25. The summed E-state index contributed by atoms with van der Waals surface area (Å²) < 4.78 is 0. The summed E-state index contributed by atoms with van der Waals surface area (Å²) in [5.74, 6) is 1.16. The summed E-state index contributed by atoms with van der Waals surface area (Å²) in [5, 5.41) is 2.70. The molecular weight excluding hydrogens is 274 g/mol. The van der Waals surface area contributed by atoms with E-state index in [1.54, 1.807) is 0 Å². The van der Waals surface area contributed by atoms with Gasteiger partial charge in [0.2, 0.25) is 0 Å². The summed E-state index contributed by atoms with van der Waals surface area (Å²) in [7, 11) is 0.00953. The number of hydrogen-bond donors (Lipinski definition) is 0. The van der Waals surface area contributed by atoms with Crippen molar-refractivity contribution in [2.45, 2.75) is 0 Å². The summed E-state index contributed by atoms with van der Waals surface area (Å²) in [6, 6.07) is 19.7. The topological polar surface area (TPSA) is 0 Å². The van der Waals surface area contributed by atoms with E-state index in [0.717, 1.165) is 5.90 Å². The molecule has 2 aromatic carbocycles. The SMILES string of the molecule is CP(C)CP(=S)(c1ccccc1)c1ccccc1. The van der Waals surface area contributed by atoms with Crippen molar-refractivity contribution in [2.24, 2.45) is 0 Å². The highest BCUT2D eigenvalue weighted by molar-refractivity contribution is 8.24. The van der Waals surface area contributed by atoms with Crippen LogP contribution in [0.2, 0.25) is 0 Å². The van der Waals surface area contributed by atoms with Gasteiger partial charge in [-0.15, -0.1) is 7.92 Å². The van der Waals surface area contributed by atoms with Crippen molar-refractivity contribution in [3.63, 3.8) is 0 Å². The number of rotatable bonds is 4. The molecule has 0 aliphatic heterocycles. The van der Waals surface area contributed by atoms with Crippen LogP contribution in [0.15, 0.2) is 60.7 Å². The maximum absolute atomic E-state index is 6.14. The van der Waals surface area contributed by atoms with E-state index in [0.29, 0.717) is 0 Å². The van der Waals surface area contributed by atoms with Crippen molar-refractivity contribution in [3.05, 3.63) is 60.7 Å². The third-order valence-electron chi connectivity index (χ3n) is 2.83. The molecule has 0 bridgehead atoms. The fraction of sp³-hybridized carbons (Fsp3) is 0.200. The van der Waals surface area contributed by atoms with Gasteiger partial charge in [0.1, 0.15) is 0 Å². The molecule has 94 valence electrons. The van der Waals surface area contributed by atoms with Crippen LogP contribution in [0.1, 0.15) is 0 Å². The third kappa shape index (κ3) is 3.09. The smallest absolute Gasteiger partial charge is 0.0146 e. The zero-order valence-corrected chi connectivity index (χ0v) is 13.4. The second kappa shape index (κ2) is 6.11. The normalized spacial score (nSPS) is 11.7. The number of benzene rings is 2. The van der Waals surface area contributed by atoms with Crippen molar-refractivity contribution in [1.29, 1.82) is 0 Å². The Hall–Kier alpha value is -0.480. The average Bonchev–Trinajstić information content (AvgIpc) is 2.40. The predicted octanol–water partition coefficient (Wildman–Crippen LogP) is 3.82. The fourth-order valence-electron chi connectivity index (χ4n) is 2.05. The highest BCUT2D eigenvalue weighted by Crippen LogP contribution is 2.52. The summed E-state index contributed by atoms with van der Waals surface area (Å²) in [6.45, 7) is 4.64. The van der Waals surface area contributed by atoms with Crippen molar-refractivity contribution in [3.8, 4) is 0 Å². The van der Waals surface area contributed by atoms with Crippen LogP contribution in [0.5, 0.6) is 0 Å². The van der Waals surface area contributed by atoms with Crippen LogP contribution >= 0.6 is 14.0 Å². The van der Waals surface area contributed by atoms with Crippen LogP contribution in [-0.2, 0) is 11.8 Å². The van der Waals surface area contributed by atoms with Crippen LogP contribution in [0.3, 0.4) is 0 Å².